The summed E-state index contributed by atoms with van der Waals surface area (Å²) in [6, 6.07) is 9.04. The highest BCUT2D eigenvalue weighted by Crippen LogP contribution is 2.44. The maximum absolute atomic E-state index is 13.9. The van der Waals surface area contributed by atoms with E-state index in [2.05, 4.69) is 36.8 Å². The summed E-state index contributed by atoms with van der Waals surface area (Å²) in [5.74, 6) is 1.43. The molecule has 2 fully saturated rings. The number of hydrogen-bond acceptors (Lipinski definition) is 5. The Bertz CT molecular complexity index is 1420. The van der Waals surface area contributed by atoms with Crippen LogP contribution in [0.25, 0.3) is 22.2 Å². The second-order valence-corrected chi connectivity index (χ2v) is 10.5. The Kier molecular flexibility index (Phi) is 6.01. The average Bonchev–Trinajstić information content (AvgIpc) is 3.43. The first-order valence-electron chi connectivity index (χ1n) is 13.0. The van der Waals surface area contributed by atoms with Gasteiger partial charge in [0.15, 0.2) is 0 Å². The molecule has 7 nitrogen and oxygen atoms in total. The van der Waals surface area contributed by atoms with E-state index in [1.165, 1.54) is 6.42 Å². The molecule has 2 aliphatic carbocycles. The lowest BCUT2D eigenvalue weighted by Crippen LogP contribution is -2.37. The summed E-state index contributed by atoms with van der Waals surface area (Å²) < 4.78 is 43.7. The minimum absolute atomic E-state index is 0.0704. The number of aromatic amines is 1. The molecule has 10 heteroatoms. The van der Waals surface area contributed by atoms with Gasteiger partial charge in [-0.2, -0.15) is 18.3 Å². The summed E-state index contributed by atoms with van der Waals surface area (Å²) in [6.45, 7) is 1.87. The first-order valence-corrected chi connectivity index (χ1v) is 13.0. The fraction of sp³-hybridized carbons (Fsp3) is 0.481. The molecule has 37 heavy (non-hydrogen) atoms. The number of rotatable bonds is 7. The number of H-pyrrole nitrogens is 1. The van der Waals surface area contributed by atoms with Crippen LogP contribution in [-0.2, 0) is 13.2 Å². The van der Waals surface area contributed by atoms with Crippen molar-refractivity contribution in [3.8, 4) is 11.3 Å². The van der Waals surface area contributed by atoms with Gasteiger partial charge in [-0.15, -0.1) is 10.2 Å². The van der Waals surface area contributed by atoms with Crippen molar-refractivity contribution in [3.63, 3.8) is 0 Å². The molecular formula is C27H30F3N7. The smallest absolute Gasteiger partial charge is 0.320 e. The van der Waals surface area contributed by atoms with Crippen LogP contribution in [0, 0.1) is 5.92 Å². The zero-order chi connectivity index (χ0) is 25.7. The van der Waals surface area contributed by atoms with E-state index in [1.807, 2.05) is 36.7 Å². The molecule has 0 aliphatic heterocycles. The third-order valence-electron chi connectivity index (χ3n) is 8.04. The van der Waals surface area contributed by atoms with Crippen LogP contribution in [0.2, 0.25) is 0 Å². The Balaban J connectivity index is 1.44. The third-order valence-corrected chi connectivity index (χ3v) is 8.04. The minimum Gasteiger partial charge on any atom is -0.320 e. The highest BCUT2D eigenvalue weighted by molar-refractivity contribution is 5.94. The highest BCUT2D eigenvalue weighted by Gasteiger charge is 2.36. The van der Waals surface area contributed by atoms with Crippen molar-refractivity contribution in [3.05, 3.63) is 59.4 Å². The molecule has 4 aromatic rings. The van der Waals surface area contributed by atoms with E-state index in [1.54, 1.807) is 6.33 Å². The van der Waals surface area contributed by atoms with Crippen LogP contribution in [0.1, 0.15) is 80.2 Å². The topological polar surface area (TPSA) is 84.3 Å². The number of nitrogens with one attached hydrogen (secondary N) is 2. The Morgan fingerprint density at radius 2 is 1.89 bits per heavy atom. The van der Waals surface area contributed by atoms with E-state index < -0.39 is 11.9 Å². The van der Waals surface area contributed by atoms with Crippen LogP contribution in [0.3, 0.4) is 0 Å². The predicted octanol–water partition coefficient (Wildman–Crippen LogP) is 5.91. The van der Waals surface area contributed by atoms with Crippen LogP contribution in [-0.4, -0.2) is 36.0 Å². The van der Waals surface area contributed by atoms with Crippen molar-refractivity contribution in [1.82, 2.24) is 35.3 Å². The van der Waals surface area contributed by atoms with Crippen LogP contribution < -0.4 is 5.32 Å². The molecule has 2 N–H and O–H groups in total. The number of alkyl halides is 3. The predicted molar refractivity (Wildman–Crippen MR) is 134 cm³/mol. The van der Waals surface area contributed by atoms with E-state index in [0.717, 1.165) is 55.1 Å². The average molecular weight is 510 g/mol. The lowest BCUT2D eigenvalue weighted by molar-refractivity contribution is -0.141. The van der Waals surface area contributed by atoms with E-state index in [4.69, 9.17) is 0 Å². The summed E-state index contributed by atoms with van der Waals surface area (Å²) in [5.41, 5.74) is 2.31. The maximum Gasteiger partial charge on any atom is 0.433 e. The van der Waals surface area contributed by atoms with Crippen LogP contribution in [0.15, 0.2) is 36.7 Å². The Labute approximate surface area is 212 Å². The second-order valence-electron chi connectivity index (χ2n) is 10.5. The molecule has 0 saturated heterocycles. The molecule has 2 aliphatic rings. The maximum atomic E-state index is 13.9. The van der Waals surface area contributed by atoms with Gasteiger partial charge in [0.05, 0.1) is 11.2 Å². The lowest BCUT2D eigenvalue weighted by Gasteiger charge is -2.33. The van der Waals surface area contributed by atoms with Crippen molar-refractivity contribution < 1.29 is 13.2 Å². The van der Waals surface area contributed by atoms with Crippen molar-refractivity contribution in [1.29, 1.82) is 0 Å². The molecule has 0 amide bonds. The number of hydrogen-bond donors (Lipinski definition) is 2. The van der Waals surface area contributed by atoms with Crippen molar-refractivity contribution in [2.75, 3.05) is 0 Å². The summed E-state index contributed by atoms with van der Waals surface area (Å²) in [5, 5.41) is 19.9. The summed E-state index contributed by atoms with van der Waals surface area (Å²) in [4.78, 5) is 4.04. The molecule has 2 saturated carbocycles. The molecule has 2 unspecified atom stereocenters. The monoisotopic (exact) mass is 509 g/mol. The normalized spacial score (nSPS) is 18.5. The number of benzene rings is 1. The molecule has 3 aromatic heterocycles. The van der Waals surface area contributed by atoms with Gasteiger partial charge in [0, 0.05) is 36.0 Å². The Morgan fingerprint density at radius 1 is 1.11 bits per heavy atom. The molecule has 0 spiro atoms. The summed E-state index contributed by atoms with van der Waals surface area (Å²) in [6.07, 6.45) is 3.75. The second kappa shape index (κ2) is 9.24. The SMILES string of the molecule is CC(NC1CCC1)c1nc(C(F)(F)F)cc2c(-c3cccc(C(c4nncn4C)C4CCC4)c3)n[nH]c12. The van der Waals surface area contributed by atoms with Gasteiger partial charge >= 0.3 is 6.18 Å². The standard InChI is InChI=1S/C27H30F3N7/c1-15(32-19-10-5-11-19)23-25-20(13-21(33-23)27(28,29)30)24(34-35-25)18-9-4-8-17(12-18)22(16-6-3-7-16)26-36-31-14-37(26)2/h4,8-9,12-16,19,22,32H,3,5-7,10-11H2,1-2H3,(H,34,35). The Morgan fingerprint density at radius 3 is 2.51 bits per heavy atom. The van der Waals surface area contributed by atoms with Crippen LogP contribution >= 0.6 is 0 Å². The largest absolute Gasteiger partial charge is 0.433 e. The fourth-order valence-corrected chi connectivity index (χ4v) is 5.59. The van der Waals surface area contributed by atoms with Gasteiger partial charge in [0.1, 0.15) is 23.5 Å². The van der Waals surface area contributed by atoms with Gasteiger partial charge in [-0.1, -0.05) is 31.0 Å². The minimum atomic E-state index is -4.56. The van der Waals surface area contributed by atoms with E-state index >= 15 is 0 Å². The van der Waals surface area contributed by atoms with E-state index in [0.29, 0.717) is 34.3 Å². The molecule has 6 rings (SSSR count). The third kappa shape index (κ3) is 4.41. The number of fused-ring (bicyclic) bond motifs is 1. The van der Waals surface area contributed by atoms with Gasteiger partial charge in [-0.05, 0) is 56.2 Å². The summed E-state index contributed by atoms with van der Waals surface area (Å²) >= 11 is 0. The zero-order valence-electron chi connectivity index (χ0n) is 20.9. The highest BCUT2D eigenvalue weighted by atomic mass is 19.4. The Hall–Kier alpha value is -3.27. The number of halogens is 3. The van der Waals surface area contributed by atoms with Gasteiger partial charge in [0.25, 0.3) is 0 Å². The van der Waals surface area contributed by atoms with Crippen molar-refractivity contribution >= 4 is 10.9 Å². The molecule has 1 aromatic carbocycles. The lowest BCUT2D eigenvalue weighted by atomic mass is 9.72. The van der Waals surface area contributed by atoms with Gasteiger partial charge in [0.2, 0.25) is 0 Å². The first-order chi connectivity index (χ1) is 17.8. The molecular weight excluding hydrogens is 479 g/mol. The van der Waals surface area contributed by atoms with Crippen LogP contribution in [0.5, 0.6) is 0 Å². The number of aryl methyl sites for hydroxylation is 1. The van der Waals surface area contributed by atoms with Gasteiger partial charge in [-0.3, -0.25) is 5.10 Å². The molecule has 2 atom stereocenters. The number of pyridine rings is 1. The van der Waals surface area contributed by atoms with Gasteiger partial charge in [-0.25, -0.2) is 4.98 Å². The van der Waals surface area contributed by atoms with Gasteiger partial charge < -0.3 is 9.88 Å². The first kappa shape index (κ1) is 24.1. The summed E-state index contributed by atoms with van der Waals surface area (Å²) in [7, 11) is 1.94. The zero-order valence-corrected chi connectivity index (χ0v) is 20.9. The molecule has 3 heterocycles. The fourth-order valence-electron chi connectivity index (χ4n) is 5.59. The molecule has 194 valence electrons. The van der Waals surface area contributed by atoms with E-state index in [9.17, 15) is 13.2 Å². The number of nitrogens with zero attached hydrogens (tertiary/aromatic N) is 5. The van der Waals surface area contributed by atoms with Crippen LogP contribution in [0.4, 0.5) is 13.2 Å². The van der Waals surface area contributed by atoms with E-state index in [-0.39, 0.29) is 12.0 Å². The molecule has 0 bridgehead atoms. The quantitative estimate of drug-likeness (QED) is 0.324. The molecule has 0 radical (unpaired) electrons. The number of aromatic nitrogens is 6. The van der Waals surface area contributed by atoms with Crippen molar-refractivity contribution in [2.24, 2.45) is 13.0 Å². The van der Waals surface area contributed by atoms with Crippen molar-refractivity contribution in [2.45, 2.75) is 69.6 Å².